The number of anilines is 3. The van der Waals surface area contributed by atoms with Gasteiger partial charge in [-0.25, -0.2) is 0 Å². The quantitative estimate of drug-likeness (QED) is 0.154. The van der Waals surface area contributed by atoms with Crippen molar-refractivity contribution in [3.05, 3.63) is 161 Å². The third-order valence-corrected chi connectivity index (χ3v) is 14.5. The van der Waals surface area contributed by atoms with Crippen LogP contribution in [0.3, 0.4) is 0 Å². The first-order valence-electron chi connectivity index (χ1n) is 21.8. The maximum atomic E-state index is 2.51. The summed E-state index contributed by atoms with van der Waals surface area (Å²) in [7, 11) is 0. The third-order valence-electron chi connectivity index (χ3n) is 14.5. The van der Waals surface area contributed by atoms with Crippen molar-refractivity contribution >= 4 is 17.1 Å². The minimum Gasteiger partial charge on any atom is -0.310 e. The molecule has 0 aliphatic heterocycles. The fourth-order valence-corrected chi connectivity index (χ4v) is 11.2. The van der Waals surface area contributed by atoms with Gasteiger partial charge in [0.2, 0.25) is 0 Å². The number of hydrogen-bond acceptors (Lipinski definition) is 1. The molecule has 0 bridgehead atoms. The maximum absolute atomic E-state index is 2.51. The molecule has 2 fully saturated rings. The number of hydrogen-bond donors (Lipinski definition) is 0. The van der Waals surface area contributed by atoms with Crippen LogP contribution >= 0.6 is 0 Å². The van der Waals surface area contributed by atoms with Crippen LogP contribution in [0.15, 0.2) is 127 Å². The van der Waals surface area contributed by atoms with Crippen LogP contribution in [-0.2, 0) is 10.8 Å². The molecule has 0 radical (unpaired) electrons. The van der Waals surface area contributed by atoms with Crippen molar-refractivity contribution in [2.75, 3.05) is 4.90 Å². The third kappa shape index (κ3) is 5.96. The Kier molecular flexibility index (Phi) is 8.85. The second kappa shape index (κ2) is 13.9. The molecule has 10 rings (SSSR count). The molecule has 0 atom stereocenters. The van der Waals surface area contributed by atoms with Crippen molar-refractivity contribution in [1.29, 1.82) is 0 Å². The summed E-state index contributed by atoms with van der Waals surface area (Å²) in [6.07, 6.45) is 14.9. The summed E-state index contributed by atoms with van der Waals surface area (Å²) < 4.78 is 0. The van der Waals surface area contributed by atoms with Crippen LogP contribution in [0.25, 0.3) is 33.4 Å². The SMILES string of the molecule is CC1(C)c2ccccc2-c2ccc(-c3ccc4c(c3)-c3ccc(N(c5ccc(C6CCCCCC6)cc5)c5ccc(C6CCCCC6)cc5)cc3C4(C)C)cc21. The summed E-state index contributed by atoms with van der Waals surface area (Å²) in [5.41, 5.74) is 20.4. The Balaban J connectivity index is 1.02. The average Bonchev–Trinajstić information content (AvgIpc) is 3.41. The molecule has 0 N–H and O–H groups in total. The Bertz CT molecular complexity index is 2390. The topological polar surface area (TPSA) is 3.24 Å². The molecule has 6 aromatic carbocycles. The lowest BCUT2D eigenvalue weighted by atomic mass is 9.81. The van der Waals surface area contributed by atoms with E-state index in [2.05, 4.69) is 160 Å². The van der Waals surface area contributed by atoms with Gasteiger partial charge in [0.25, 0.3) is 0 Å². The lowest BCUT2D eigenvalue weighted by Crippen LogP contribution is -2.16. The zero-order valence-corrected chi connectivity index (χ0v) is 34.0. The smallest absolute Gasteiger partial charge is 0.0465 e. The predicted octanol–water partition coefficient (Wildman–Crippen LogP) is 15.9. The first-order valence-corrected chi connectivity index (χ1v) is 21.8. The standard InChI is InChI=1S/C55H57N/c1-54(2)50-19-13-12-18-46(50)47-31-24-42(35-52(47)54)41-25-33-51-49(34-41)48-32-30-45(36-53(48)55(51,3)4)56(44-28-22-40(23-29-44)38-16-10-7-11-17-38)43-26-20-39(21-27-43)37-14-8-5-6-9-15-37/h12-13,18-38H,5-11,14-17H2,1-4H3. The van der Waals surface area contributed by atoms with Crippen LogP contribution in [0.2, 0.25) is 0 Å². The summed E-state index contributed by atoms with van der Waals surface area (Å²) in [4.78, 5) is 2.51. The van der Waals surface area contributed by atoms with Crippen molar-refractivity contribution in [3.8, 4) is 33.4 Å². The molecule has 1 heteroatoms. The minimum atomic E-state index is -0.110. The molecule has 2 saturated carbocycles. The van der Waals surface area contributed by atoms with Gasteiger partial charge in [0.1, 0.15) is 0 Å². The molecular formula is C55H57N. The summed E-state index contributed by atoms with van der Waals surface area (Å²) in [5.74, 6) is 1.40. The van der Waals surface area contributed by atoms with Crippen LogP contribution in [0.4, 0.5) is 17.1 Å². The van der Waals surface area contributed by atoms with Gasteiger partial charge >= 0.3 is 0 Å². The predicted molar refractivity (Wildman–Crippen MR) is 238 cm³/mol. The largest absolute Gasteiger partial charge is 0.310 e. The minimum absolute atomic E-state index is 0.0126. The first kappa shape index (κ1) is 35.5. The summed E-state index contributed by atoms with van der Waals surface area (Å²) in [5, 5.41) is 0. The normalized spacial score (nSPS) is 18.4. The van der Waals surface area contributed by atoms with E-state index in [9.17, 15) is 0 Å². The fourth-order valence-electron chi connectivity index (χ4n) is 11.2. The van der Waals surface area contributed by atoms with Gasteiger partial charge in [-0.05, 0) is 153 Å². The van der Waals surface area contributed by atoms with Crippen LogP contribution in [-0.4, -0.2) is 0 Å². The zero-order chi connectivity index (χ0) is 38.0. The van der Waals surface area contributed by atoms with Crippen molar-refractivity contribution < 1.29 is 0 Å². The van der Waals surface area contributed by atoms with E-state index >= 15 is 0 Å². The molecule has 0 amide bonds. The molecular weight excluding hydrogens is 675 g/mol. The second-order valence-electron chi connectivity index (χ2n) is 18.6. The number of rotatable bonds is 6. The molecule has 1 nitrogen and oxygen atoms in total. The highest BCUT2D eigenvalue weighted by atomic mass is 15.1. The summed E-state index contributed by atoms with van der Waals surface area (Å²) in [6, 6.07) is 49.9. The lowest BCUT2D eigenvalue weighted by molar-refractivity contribution is 0.443. The van der Waals surface area contributed by atoms with Crippen molar-refractivity contribution in [2.24, 2.45) is 0 Å². The van der Waals surface area contributed by atoms with Gasteiger partial charge in [-0.2, -0.15) is 0 Å². The van der Waals surface area contributed by atoms with E-state index in [1.54, 1.807) is 0 Å². The molecule has 0 saturated heterocycles. The van der Waals surface area contributed by atoms with Crippen molar-refractivity contribution in [2.45, 2.75) is 121 Å². The van der Waals surface area contributed by atoms with Crippen LogP contribution in [0.5, 0.6) is 0 Å². The molecule has 6 aromatic rings. The fraction of sp³-hybridized carbons (Fsp3) is 0.345. The van der Waals surface area contributed by atoms with E-state index in [0.29, 0.717) is 11.8 Å². The summed E-state index contributed by atoms with van der Waals surface area (Å²) in [6.45, 7) is 9.59. The highest BCUT2D eigenvalue weighted by Gasteiger charge is 2.38. The monoisotopic (exact) mass is 731 g/mol. The van der Waals surface area contributed by atoms with Gasteiger partial charge in [0, 0.05) is 27.9 Å². The van der Waals surface area contributed by atoms with Crippen LogP contribution in [0, 0.1) is 0 Å². The molecule has 4 aliphatic carbocycles. The molecule has 56 heavy (non-hydrogen) atoms. The second-order valence-corrected chi connectivity index (χ2v) is 18.6. The van der Waals surface area contributed by atoms with E-state index < -0.39 is 0 Å². The molecule has 0 spiro atoms. The average molecular weight is 732 g/mol. The summed E-state index contributed by atoms with van der Waals surface area (Å²) >= 11 is 0. The lowest BCUT2D eigenvalue weighted by Gasteiger charge is -2.29. The van der Waals surface area contributed by atoms with Gasteiger partial charge in [0.05, 0.1) is 0 Å². The Labute approximate surface area is 335 Å². The Hall–Kier alpha value is -4.88. The van der Waals surface area contributed by atoms with E-state index in [1.165, 1.54) is 154 Å². The molecule has 282 valence electrons. The highest BCUT2D eigenvalue weighted by molar-refractivity contribution is 5.89. The van der Waals surface area contributed by atoms with E-state index in [1.807, 2.05) is 0 Å². The molecule has 0 unspecified atom stereocenters. The van der Waals surface area contributed by atoms with E-state index in [4.69, 9.17) is 0 Å². The molecule has 0 aromatic heterocycles. The molecule has 4 aliphatic rings. The van der Waals surface area contributed by atoms with Gasteiger partial charge in [0.15, 0.2) is 0 Å². The number of nitrogens with zero attached hydrogens (tertiary/aromatic N) is 1. The number of fused-ring (bicyclic) bond motifs is 6. The maximum Gasteiger partial charge on any atom is 0.0465 e. The van der Waals surface area contributed by atoms with Crippen LogP contribution in [0.1, 0.15) is 144 Å². The Morgan fingerprint density at radius 2 is 0.821 bits per heavy atom. The van der Waals surface area contributed by atoms with Gasteiger partial charge < -0.3 is 4.90 Å². The van der Waals surface area contributed by atoms with Gasteiger partial charge in [-0.15, -0.1) is 0 Å². The Morgan fingerprint density at radius 1 is 0.375 bits per heavy atom. The van der Waals surface area contributed by atoms with Crippen molar-refractivity contribution in [3.63, 3.8) is 0 Å². The van der Waals surface area contributed by atoms with E-state index in [-0.39, 0.29) is 10.8 Å². The number of benzene rings is 6. The first-order chi connectivity index (χ1) is 27.3. The van der Waals surface area contributed by atoms with Gasteiger partial charge in [-0.3, -0.25) is 0 Å². The molecule has 0 heterocycles. The highest BCUT2D eigenvalue weighted by Crippen LogP contribution is 2.53. The zero-order valence-electron chi connectivity index (χ0n) is 34.0. The van der Waals surface area contributed by atoms with E-state index in [0.717, 1.165) is 0 Å². The van der Waals surface area contributed by atoms with Crippen molar-refractivity contribution in [1.82, 2.24) is 0 Å². The van der Waals surface area contributed by atoms with Gasteiger partial charge in [-0.1, -0.05) is 152 Å². The van der Waals surface area contributed by atoms with Crippen LogP contribution < -0.4 is 4.90 Å². The Morgan fingerprint density at radius 3 is 1.45 bits per heavy atom.